The Morgan fingerprint density at radius 2 is 2.29 bits per heavy atom. The number of aliphatic hydroxyl groups excluding tert-OH is 1. The van der Waals surface area contributed by atoms with E-state index in [1.807, 2.05) is 13.8 Å². The Hall–Kier alpha value is -0.650. The van der Waals surface area contributed by atoms with Crippen molar-refractivity contribution < 1.29 is 14.6 Å². The molecule has 1 saturated heterocycles. The first-order valence-electron chi connectivity index (χ1n) is 6.31. The van der Waals surface area contributed by atoms with Crippen LogP contribution in [0.3, 0.4) is 0 Å². The molecule has 0 aromatic heterocycles. The molecule has 0 radical (unpaired) electrons. The maximum absolute atomic E-state index is 12.0. The predicted molar refractivity (Wildman–Crippen MR) is 65.5 cm³/mol. The zero-order valence-corrected chi connectivity index (χ0v) is 10.8. The highest BCUT2D eigenvalue weighted by Gasteiger charge is 2.27. The molecule has 1 aliphatic heterocycles. The minimum Gasteiger partial charge on any atom is -0.394 e. The summed E-state index contributed by atoms with van der Waals surface area (Å²) >= 11 is 0. The zero-order chi connectivity index (χ0) is 12.8. The number of rotatable bonds is 5. The lowest BCUT2D eigenvalue weighted by atomic mass is 10.1. The van der Waals surface area contributed by atoms with Crippen LogP contribution < -0.4 is 5.73 Å². The van der Waals surface area contributed by atoms with Crippen LogP contribution in [0.5, 0.6) is 0 Å². The van der Waals surface area contributed by atoms with Gasteiger partial charge in [-0.05, 0) is 25.8 Å². The summed E-state index contributed by atoms with van der Waals surface area (Å²) < 4.78 is 5.50. The molecule has 0 aromatic rings. The van der Waals surface area contributed by atoms with E-state index in [1.165, 1.54) is 0 Å². The summed E-state index contributed by atoms with van der Waals surface area (Å²) in [4.78, 5) is 13.8. The molecule has 0 spiro atoms. The monoisotopic (exact) mass is 244 g/mol. The van der Waals surface area contributed by atoms with Crippen molar-refractivity contribution in [2.45, 2.75) is 38.9 Å². The maximum atomic E-state index is 12.0. The number of aliphatic hydroxyl groups is 1. The number of amides is 1. The van der Waals surface area contributed by atoms with Gasteiger partial charge < -0.3 is 20.5 Å². The molecule has 1 heterocycles. The van der Waals surface area contributed by atoms with Gasteiger partial charge in [-0.3, -0.25) is 4.79 Å². The summed E-state index contributed by atoms with van der Waals surface area (Å²) in [6.07, 6.45) is 1.11. The van der Waals surface area contributed by atoms with Crippen molar-refractivity contribution in [3.8, 4) is 0 Å². The minimum atomic E-state index is -0.241. The molecule has 100 valence electrons. The SMILES string of the molecule is CC(CN)CCC(=O)N1CC(C)OC(CO)C1. The van der Waals surface area contributed by atoms with E-state index >= 15 is 0 Å². The standard InChI is InChI=1S/C12H24N2O3/c1-9(5-13)3-4-12(16)14-6-10(2)17-11(7-14)8-15/h9-11,15H,3-8,13H2,1-2H3. The average Bonchev–Trinajstić information content (AvgIpc) is 2.34. The van der Waals surface area contributed by atoms with Crippen molar-refractivity contribution >= 4 is 5.91 Å². The van der Waals surface area contributed by atoms with Crippen LogP contribution in [0, 0.1) is 5.92 Å². The Bertz CT molecular complexity index is 248. The molecule has 3 atom stereocenters. The van der Waals surface area contributed by atoms with Gasteiger partial charge in [0.25, 0.3) is 0 Å². The van der Waals surface area contributed by atoms with Gasteiger partial charge in [-0.1, -0.05) is 6.92 Å². The average molecular weight is 244 g/mol. The first kappa shape index (κ1) is 14.4. The fraction of sp³-hybridized carbons (Fsp3) is 0.917. The molecule has 5 nitrogen and oxygen atoms in total. The normalized spacial score (nSPS) is 26.9. The molecule has 1 amide bonds. The van der Waals surface area contributed by atoms with Crippen LogP contribution in [0.15, 0.2) is 0 Å². The molecule has 1 rings (SSSR count). The number of hydrogen-bond donors (Lipinski definition) is 2. The smallest absolute Gasteiger partial charge is 0.222 e. The van der Waals surface area contributed by atoms with Crippen LogP contribution in [0.4, 0.5) is 0 Å². The quantitative estimate of drug-likeness (QED) is 0.712. The number of hydrogen-bond acceptors (Lipinski definition) is 4. The van der Waals surface area contributed by atoms with Crippen molar-refractivity contribution in [2.24, 2.45) is 11.7 Å². The van der Waals surface area contributed by atoms with E-state index in [0.29, 0.717) is 32.0 Å². The zero-order valence-electron chi connectivity index (χ0n) is 10.8. The molecule has 0 aromatic carbocycles. The van der Waals surface area contributed by atoms with E-state index in [4.69, 9.17) is 15.6 Å². The molecule has 0 saturated carbocycles. The second-order valence-corrected chi connectivity index (χ2v) is 4.93. The number of morpholine rings is 1. The van der Waals surface area contributed by atoms with Gasteiger partial charge in [0.15, 0.2) is 0 Å². The molecular formula is C12H24N2O3. The number of nitrogens with zero attached hydrogens (tertiary/aromatic N) is 1. The van der Waals surface area contributed by atoms with Crippen molar-refractivity contribution in [2.75, 3.05) is 26.2 Å². The lowest BCUT2D eigenvalue weighted by Gasteiger charge is -2.36. The van der Waals surface area contributed by atoms with E-state index in [0.717, 1.165) is 6.42 Å². The summed E-state index contributed by atoms with van der Waals surface area (Å²) in [5.41, 5.74) is 5.52. The Morgan fingerprint density at radius 3 is 2.88 bits per heavy atom. The minimum absolute atomic E-state index is 0.00298. The Kier molecular flexibility index (Phi) is 5.88. The van der Waals surface area contributed by atoms with Crippen LogP contribution in [-0.2, 0) is 9.53 Å². The number of carbonyl (C=O) groups excluding carboxylic acids is 1. The summed E-state index contributed by atoms with van der Waals surface area (Å²) in [6, 6.07) is 0. The van der Waals surface area contributed by atoms with Gasteiger partial charge in [0.05, 0.1) is 18.8 Å². The fourth-order valence-electron chi connectivity index (χ4n) is 2.00. The highest BCUT2D eigenvalue weighted by molar-refractivity contribution is 5.76. The Morgan fingerprint density at radius 1 is 1.59 bits per heavy atom. The summed E-state index contributed by atoms with van der Waals surface area (Å²) in [5.74, 6) is 0.518. The highest BCUT2D eigenvalue weighted by Crippen LogP contribution is 2.14. The molecule has 3 unspecified atom stereocenters. The van der Waals surface area contributed by atoms with Crippen LogP contribution >= 0.6 is 0 Å². The second-order valence-electron chi connectivity index (χ2n) is 4.93. The molecule has 0 bridgehead atoms. The Labute approximate surface area is 103 Å². The van der Waals surface area contributed by atoms with Crippen molar-refractivity contribution in [1.29, 1.82) is 0 Å². The number of ether oxygens (including phenoxy) is 1. The lowest BCUT2D eigenvalue weighted by molar-refractivity contribution is -0.147. The van der Waals surface area contributed by atoms with Gasteiger partial charge >= 0.3 is 0 Å². The largest absolute Gasteiger partial charge is 0.394 e. The van der Waals surface area contributed by atoms with E-state index in [-0.39, 0.29) is 24.7 Å². The predicted octanol–water partition coefficient (Wildman–Crippen LogP) is -0.0304. The second kappa shape index (κ2) is 6.93. The third kappa shape index (κ3) is 4.61. The first-order valence-corrected chi connectivity index (χ1v) is 6.31. The van der Waals surface area contributed by atoms with E-state index in [2.05, 4.69) is 0 Å². The third-order valence-electron chi connectivity index (χ3n) is 3.14. The highest BCUT2D eigenvalue weighted by atomic mass is 16.5. The van der Waals surface area contributed by atoms with Gasteiger partial charge in [0.2, 0.25) is 5.91 Å². The molecule has 5 heteroatoms. The summed E-state index contributed by atoms with van der Waals surface area (Å²) in [7, 11) is 0. The summed E-state index contributed by atoms with van der Waals surface area (Å²) in [6.45, 7) is 5.67. The molecule has 1 fully saturated rings. The third-order valence-corrected chi connectivity index (χ3v) is 3.14. The van der Waals surface area contributed by atoms with Crippen molar-refractivity contribution in [3.05, 3.63) is 0 Å². The maximum Gasteiger partial charge on any atom is 0.222 e. The first-order chi connectivity index (χ1) is 8.06. The van der Waals surface area contributed by atoms with E-state index < -0.39 is 0 Å². The van der Waals surface area contributed by atoms with Crippen molar-refractivity contribution in [3.63, 3.8) is 0 Å². The van der Waals surface area contributed by atoms with Gasteiger partial charge in [0, 0.05) is 19.5 Å². The van der Waals surface area contributed by atoms with Gasteiger partial charge in [-0.25, -0.2) is 0 Å². The molecular weight excluding hydrogens is 220 g/mol. The topological polar surface area (TPSA) is 75.8 Å². The van der Waals surface area contributed by atoms with E-state index in [1.54, 1.807) is 4.90 Å². The fourth-order valence-corrected chi connectivity index (χ4v) is 2.00. The molecule has 0 aliphatic carbocycles. The van der Waals surface area contributed by atoms with Crippen LogP contribution in [0.2, 0.25) is 0 Å². The van der Waals surface area contributed by atoms with Crippen LogP contribution in [0.1, 0.15) is 26.7 Å². The van der Waals surface area contributed by atoms with Gasteiger partial charge in [-0.15, -0.1) is 0 Å². The van der Waals surface area contributed by atoms with Gasteiger partial charge in [-0.2, -0.15) is 0 Å². The summed E-state index contributed by atoms with van der Waals surface area (Å²) in [5, 5.41) is 9.09. The van der Waals surface area contributed by atoms with Crippen LogP contribution in [0.25, 0.3) is 0 Å². The number of carbonyl (C=O) groups is 1. The van der Waals surface area contributed by atoms with Crippen molar-refractivity contribution in [1.82, 2.24) is 4.90 Å². The lowest BCUT2D eigenvalue weighted by Crippen LogP contribution is -2.50. The van der Waals surface area contributed by atoms with E-state index in [9.17, 15) is 4.79 Å². The number of nitrogens with two attached hydrogens (primary N) is 1. The van der Waals surface area contributed by atoms with Crippen LogP contribution in [-0.4, -0.2) is 54.4 Å². The molecule has 3 N–H and O–H groups in total. The molecule has 1 aliphatic rings. The Balaban J connectivity index is 2.39. The molecule has 17 heavy (non-hydrogen) atoms. The van der Waals surface area contributed by atoms with Gasteiger partial charge in [0.1, 0.15) is 0 Å².